The number of amides is 1. The molecule has 1 amide bonds. The second kappa shape index (κ2) is 11.3. The van der Waals surface area contributed by atoms with Crippen molar-refractivity contribution < 1.29 is 13.9 Å². The first-order valence-electron chi connectivity index (χ1n) is 11.2. The van der Waals surface area contributed by atoms with Crippen LogP contribution in [0.4, 0.5) is 10.1 Å². The Bertz CT molecular complexity index is 669. The minimum atomic E-state index is -0.277. The van der Waals surface area contributed by atoms with Gasteiger partial charge in [-0.25, -0.2) is 4.39 Å². The number of rotatable bonds is 9. The van der Waals surface area contributed by atoms with Gasteiger partial charge in [0.2, 0.25) is 5.91 Å². The van der Waals surface area contributed by atoms with Crippen LogP contribution in [0.25, 0.3) is 0 Å². The summed E-state index contributed by atoms with van der Waals surface area (Å²) in [6, 6.07) is 4.76. The predicted octanol–water partition coefficient (Wildman–Crippen LogP) is 4.08. The molecule has 1 aromatic carbocycles. The fraction of sp³-hybridized carbons (Fsp3) is 0.696. The molecule has 1 saturated carbocycles. The molecule has 2 N–H and O–H groups in total. The van der Waals surface area contributed by atoms with Crippen LogP contribution in [0.3, 0.4) is 0 Å². The standard InChI is InChI=1S/C23H35ClFN3O2/c1-30-22(6-7-23(26)29)18-4-2-17(3-5-18)8-9-27-10-12-28(13-11-27)21-15-19(24)14-20(25)16-21/h14-18,22H,2-13H2,1H3,(H2,26,29). The number of nitrogens with two attached hydrogens (primary N) is 1. The third-order valence-corrected chi connectivity index (χ3v) is 7.05. The molecule has 1 aliphatic carbocycles. The Morgan fingerprint density at radius 3 is 2.50 bits per heavy atom. The van der Waals surface area contributed by atoms with Gasteiger partial charge in [-0.05, 0) is 62.3 Å². The van der Waals surface area contributed by atoms with Crippen molar-refractivity contribution in [2.45, 2.75) is 51.0 Å². The molecule has 0 radical (unpaired) electrons. The molecule has 5 nitrogen and oxygen atoms in total. The van der Waals surface area contributed by atoms with Crippen molar-refractivity contribution in [2.24, 2.45) is 17.6 Å². The highest BCUT2D eigenvalue weighted by molar-refractivity contribution is 6.30. The zero-order valence-corrected chi connectivity index (χ0v) is 18.7. The molecule has 3 rings (SSSR count). The van der Waals surface area contributed by atoms with E-state index in [1.165, 1.54) is 38.2 Å². The van der Waals surface area contributed by atoms with Gasteiger partial charge < -0.3 is 15.4 Å². The van der Waals surface area contributed by atoms with Crippen LogP contribution < -0.4 is 10.6 Å². The fourth-order valence-corrected chi connectivity index (χ4v) is 5.21. The lowest BCUT2D eigenvalue weighted by Crippen LogP contribution is -2.47. The van der Waals surface area contributed by atoms with Crippen molar-refractivity contribution in [2.75, 3.05) is 44.7 Å². The van der Waals surface area contributed by atoms with Crippen molar-refractivity contribution in [3.8, 4) is 0 Å². The Morgan fingerprint density at radius 1 is 1.20 bits per heavy atom. The minimum absolute atomic E-state index is 0.155. The third kappa shape index (κ3) is 6.82. The van der Waals surface area contributed by atoms with E-state index < -0.39 is 0 Å². The van der Waals surface area contributed by atoms with E-state index in [4.69, 9.17) is 22.1 Å². The second-order valence-electron chi connectivity index (χ2n) is 8.80. The molecule has 0 spiro atoms. The molecular weight excluding hydrogens is 405 g/mol. The van der Waals surface area contributed by atoms with Gasteiger partial charge in [-0.3, -0.25) is 9.69 Å². The summed E-state index contributed by atoms with van der Waals surface area (Å²) in [5, 5.41) is 0.452. The van der Waals surface area contributed by atoms with E-state index in [1.54, 1.807) is 13.2 Å². The van der Waals surface area contributed by atoms with E-state index in [0.29, 0.717) is 17.4 Å². The maximum absolute atomic E-state index is 13.6. The number of carbonyl (C=O) groups excluding carboxylic acids is 1. The number of ether oxygens (including phenoxy) is 1. The van der Waals surface area contributed by atoms with E-state index >= 15 is 0 Å². The van der Waals surface area contributed by atoms with E-state index in [9.17, 15) is 9.18 Å². The summed E-state index contributed by atoms with van der Waals surface area (Å²) in [6.07, 6.45) is 7.37. The number of methoxy groups -OCH3 is 1. The molecule has 1 unspecified atom stereocenters. The Kier molecular flexibility index (Phi) is 8.78. The molecule has 0 bridgehead atoms. The van der Waals surface area contributed by atoms with Gasteiger partial charge in [-0.1, -0.05) is 24.4 Å². The maximum Gasteiger partial charge on any atom is 0.217 e. The summed E-state index contributed by atoms with van der Waals surface area (Å²) in [6.45, 7) is 4.94. The first kappa shape index (κ1) is 23.3. The molecule has 168 valence electrons. The van der Waals surface area contributed by atoms with E-state index in [0.717, 1.165) is 50.7 Å². The fourth-order valence-electron chi connectivity index (χ4n) is 5.00. The normalized spacial score (nSPS) is 24.0. The first-order chi connectivity index (χ1) is 14.4. The molecule has 30 heavy (non-hydrogen) atoms. The summed E-state index contributed by atoms with van der Waals surface area (Å²) in [4.78, 5) is 15.8. The van der Waals surface area contributed by atoms with Gasteiger partial charge in [-0.15, -0.1) is 0 Å². The zero-order chi connectivity index (χ0) is 21.5. The number of nitrogens with zero attached hydrogens (tertiary/aromatic N) is 2. The van der Waals surface area contributed by atoms with Gasteiger partial charge >= 0.3 is 0 Å². The van der Waals surface area contributed by atoms with Crippen LogP contribution in [0.5, 0.6) is 0 Å². The summed E-state index contributed by atoms with van der Waals surface area (Å²) >= 11 is 6.00. The number of piperazine rings is 1. The van der Waals surface area contributed by atoms with Gasteiger partial charge in [0.1, 0.15) is 5.82 Å². The highest BCUT2D eigenvalue weighted by Gasteiger charge is 2.28. The van der Waals surface area contributed by atoms with Gasteiger partial charge in [-0.2, -0.15) is 0 Å². The number of anilines is 1. The number of halogens is 2. The number of benzene rings is 1. The van der Waals surface area contributed by atoms with Crippen molar-refractivity contribution >= 4 is 23.2 Å². The van der Waals surface area contributed by atoms with Crippen LogP contribution in [0, 0.1) is 17.7 Å². The SMILES string of the molecule is COC(CCC(N)=O)C1CCC(CCN2CCN(c3cc(F)cc(Cl)c3)CC2)CC1. The zero-order valence-electron chi connectivity index (χ0n) is 18.0. The van der Waals surface area contributed by atoms with Crippen LogP contribution >= 0.6 is 11.6 Å². The second-order valence-corrected chi connectivity index (χ2v) is 9.24. The number of primary amides is 1. The largest absolute Gasteiger partial charge is 0.381 e. The lowest BCUT2D eigenvalue weighted by molar-refractivity contribution is -0.119. The van der Waals surface area contributed by atoms with Crippen LogP contribution in [0.2, 0.25) is 5.02 Å². The molecule has 1 aliphatic heterocycles. The maximum atomic E-state index is 13.6. The van der Waals surface area contributed by atoms with Gasteiger partial charge in [0.05, 0.1) is 6.10 Å². The molecule has 1 atom stereocenters. The summed E-state index contributed by atoms with van der Waals surface area (Å²) in [5.41, 5.74) is 6.16. The highest BCUT2D eigenvalue weighted by Crippen LogP contribution is 2.35. The van der Waals surface area contributed by atoms with Crippen molar-refractivity contribution in [3.63, 3.8) is 0 Å². The van der Waals surface area contributed by atoms with Gasteiger partial charge in [0.15, 0.2) is 0 Å². The Labute approximate surface area is 184 Å². The molecular formula is C23H35ClFN3O2. The first-order valence-corrected chi connectivity index (χ1v) is 11.6. The summed E-state index contributed by atoms with van der Waals surface area (Å²) < 4.78 is 19.3. The average Bonchev–Trinajstić information content (AvgIpc) is 2.73. The molecule has 1 heterocycles. The summed E-state index contributed by atoms with van der Waals surface area (Å²) in [5.74, 6) is 0.800. The monoisotopic (exact) mass is 439 g/mol. The van der Waals surface area contributed by atoms with Gasteiger partial charge in [0.25, 0.3) is 0 Å². The number of carbonyl (C=O) groups is 1. The Morgan fingerprint density at radius 2 is 1.90 bits per heavy atom. The topological polar surface area (TPSA) is 58.8 Å². The van der Waals surface area contributed by atoms with E-state index in [1.807, 2.05) is 6.07 Å². The Hall–Kier alpha value is -1.37. The number of hydrogen-bond donors (Lipinski definition) is 1. The molecule has 1 aromatic rings. The smallest absolute Gasteiger partial charge is 0.217 e. The molecule has 0 aromatic heterocycles. The lowest BCUT2D eigenvalue weighted by Gasteiger charge is -2.38. The van der Waals surface area contributed by atoms with Crippen molar-refractivity contribution in [1.82, 2.24) is 4.90 Å². The van der Waals surface area contributed by atoms with Crippen LogP contribution in [-0.4, -0.2) is 56.7 Å². The predicted molar refractivity (Wildman–Crippen MR) is 119 cm³/mol. The van der Waals surface area contributed by atoms with E-state index in [2.05, 4.69) is 9.80 Å². The van der Waals surface area contributed by atoms with Gasteiger partial charge in [0, 0.05) is 50.4 Å². The minimum Gasteiger partial charge on any atom is -0.381 e. The average molecular weight is 440 g/mol. The van der Waals surface area contributed by atoms with Crippen LogP contribution in [-0.2, 0) is 9.53 Å². The Balaban J connectivity index is 1.36. The number of hydrogen-bond acceptors (Lipinski definition) is 4. The summed E-state index contributed by atoms with van der Waals surface area (Å²) in [7, 11) is 1.75. The quantitative estimate of drug-likeness (QED) is 0.629. The molecule has 7 heteroatoms. The van der Waals surface area contributed by atoms with Crippen LogP contribution in [0.15, 0.2) is 18.2 Å². The molecule has 2 fully saturated rings. The third-order valence-electron chi connectivity index (χ3n) is 6.83. The van der Waals surface area contributed by atoms with Crippen LogP contribution in [0.1, 0.15) is 44.9 Å². The highest BCUT2D eigenvalue weighted by atomic mass is 35.5. The molecule has 1 saturated heterocycles. The van der Waals surface area contributed by atoms with Crippen molar-refractivity contribution in [1.29, 1.82) is 0 Å². The van der Waals surface area contributed by atoms with E-state index in [-0.39, 0.29) is 17.8 Å². The lowest BCUT2D eigenvalue weighted by atomic mass is 9.77. The van der Waals surface area contributed by atoms with Crippen molar-refractivity contribution in [3.05, 3.63) is 29.0 Å². The molecule has 2 aliphatic rings.